The molecular formula is C26H27BrN2O. The van der Waals surface area contributed by atoms with Crippen LogP contribution in [0, 0.1) is 0 Å². The van der Waals surface area contributed by atoms with Crippen molar-refractivity contribution in [1.82, 2.24) is 10.2 Å². The van der Waals surface area contributed by atoms with Crippen molar-refractivity contribution in [3.8, 4) is 0 Å². The number of halogens is 1. The van der Waals surface area contributed by atoms with E-state index in [0.29, 0.717) is 0 Å². The molecule has 1 heterocycles. The highest BCUT2D eigenvalue weighted by molar-refractivity contribution is 9.10. The maximum atomic E-state index is 12.1. The van der Waals surface area contributed by atoms with Crippen molar-refractivity contribution in [2.75, 3.05) is 19.6 Å². The van der Waals surface area contributed by atoms with Crippen molar-refractivity contribution in [1.29, 1.82) is 0 Å². The molecule has 0 aromatic heterocycles. The summed E-state index contributed by atoms with van der Waals surface area (Å²) in [5.74, 6) is -0.0272. The van der Waals surface area contributed by atoms with Crippen LogP contribution in [0.4, 0.5) is 0 Å². The molecule has 1 aliphatic heterocycles. The Morgan fingerprint density at radius 3 is 2.77 bits per heavy atom. The van der Waals surface area contributed by atoms with Gasteiger partial charge in [0.05, 0.1) is 0 Å². The fourth-order valence-corrected chi connectivity index (χ4v) is 4.39. The van der Waals surface area contributed by atoms with Gasteiger partial charge >= 0.3 is 0 Å². The highest BCUT2D eigenvalue weighted by Gasteiger charge is 2.15. The van der Waals surface area contributed by atoms with Gasteiger partial charge in [-0.25, -0.2) is 0 Å². The Bertz CT molecular complexity index is 1060. The average molecular weight is 463 g/mol. The summed E-state index contributed by atoms with van der Waals surface area (Å²) in [6.07, 6.45) is 6.72. The Hall–Kier alpha value is -2.43. The third-order valence-corrected chi connectivity index (χ3v) is 6.15. The molecule has 3 aromatic rings. The minimum atomic E-state index is -0.0272. The highest BCUT2D eigenvalue weighted by atomic mass is 79.9. The average Bonchev–Trinajstić information content (AvgIpc) is 2.77. The minimum Gasteiger partial charge on any atom is -0.353 e. The van der Waals surface area contributed by atoms with E-state index in [1.807, 2.05) is 24.3 Å². The van der Waals surface area contributed by atoms with Crippen molar-refractivity contribution in [3.63, 3.8) is 0 Å². The number of carbonyl (C=O) groups excluding carboxylic acids is 1. The molecular weight excluding hydrogens is 436 g/mol. The van der Waals surface area contributed by atoms with Gasteiger partial charge in [-0.3, -0.25) is 9.69 Å². The van der Waals surface area contributed by atoms with Crippen molar-refractivity contribution in [2.24, 2.45) is 0 Å². The summed E-state index contributed by atoms with van der Waals surface area (Å²) >= 11 is 3.56. The van der Waals surface area contributed by atoms with Crippen LogP contribution in [0.25, 0.3) is 16.8 Å². The van der Waals surface area contributed by atoms with Gasteiger partial charge in [0.25, 0.3) is 0 Å². The SMILES string of the molecule is O=C(/C=C/c1ccc2ccccc2c1)NCCCCN1CCc2cc(Br)ccc2C1. The van der Waals surface area contributed by atoms with E-state index in [9.17, 15) is 4.79 Å². The zero-order valence-corrected chi connectivity index (χ0v) is 18.7. The van der Waals surface area contributed by atoms with Crippen molar-refractivity contribution in [3.05, 3.63) is 87.9 Å². The van der Waals surface area contributed by atoms with E-state index in [1.165, 1.54) is 26.4 Å². The second-order valence-corrected chi connectivity index (χ2v) is 8.79. The number of nitrogens with one attached hydrogen (secondary N) is 1. The molecule has 0 atom stereocenters. The van der Waals surface area contributed by atoms with Crippen LogP contribution in [0.3, 0.4) is 0 Å². The van der Waals surface area contributed by atoms with Crippen molar-refractivity contribution < 1.29 is 4.79 Å². The van der Waals surface area contributed by atoms with Crippen LogP contribution in [0.1, 0.15) is 29.5 Å². The molecule has 0 saturated heterocycles. The van der Waals surface area contributed by atoms with E-state index >= 15 is 0 Å². The Kier molecular flexibility index (Phi) is 6.98. The number of hydrogen-bond donors (Lipinski definition) is 1. The third-order valence-electron chi connectivity index (χ3n) is 5.66. The van der Waals surface area contributed by atoms with Gasteiger partial charge in [-0.2, -0.15) is 0 Å². The zero-order chi connectivity index (χ0) is 20.8. The molecule has 154 valence electrons. The molecule has 0 radical (unpaired) electrons. The monoisotopic (exact) mass is 462 g/mol. The number of unbranched alkanes of at least 4 members (excludes halogenated alkanes) is 1. The summed E-state index contributed by atoms with van der Waals surface area (Å²) < 4.78 is 1.17. The zero-order valence-electron chi connectivity index (χ0n) is 17.1. The van der Waals surface area contributed by atoms with Gasteiger partial charge < -0.3 is 5.32 Å². The van der Waals surface area contributed by atoms with Gasteiger partial charge in [0.2, 0.25) is 5.91 Å². The van der Waals surface area contributed by atoms with E-state index in [-0.39, 0.29) is 5.91 Å². The Labute approximate surface area is 186 Å². The second-order valence-electron chi connectivity index (χ2n) is 7.88. The van der Waals surface area contributed by atoms with E-state index in [4.69, 9.17) is 0 Å². The van der Waals surface area contributed by atoms with Gasteiger partial charge in [-0.05, 0) is 77.5 Å². The molecule has 0 spiro atoms. The molecule has 0 aliphatic carbocycles. The highest BCUT2D eigenvalue weighted by Crippen LogP contribution is 2.23. The quantitative estimate of drug-likeness (QED) is 0.367. The molecule has 0 bridgehead atoms. The molecule has 4 rings (SSSR count). The summed E-state index contributed by atoms with van der Waals surface area (Å²) in [5.41, 5.74) is 3.95. The fraction of sp³-hybridized carbons (Fsp3) is 0.269. The lowest BCUT2D eigenvalue weighted by atomic mass is 10.00. The Morgan fingerprint density at radius 1 is 1.00 bits per heavy atom. The molecule has 1 N–H and O–H groups in total. The van der Waals surface area contributed by atoms with Gasteiger partial charge in [-0.15, -0.1) is 0 Å². The Morgan fingerprint density at radius 2 is 1.87 bits per heavy atom. The first-order valence-electron chi connectivity index (χ1n) is 10.6. The van der Waals surface area contributed by atoms with E-state index in [2.05, 4.69) is 68.6 Å². The third kappa shape index (κ3) is 5.59. The normalized spacial score (nSPS) is 14.2. The summed E-state index contributed by atoms with van der Waals surface area (Å²) in [5, 5.41) is 5.40. The molecule has 4 heteroatoms. The molecule has 1 amide bonds. The van der Waals surface area contributed by atoms with Gasteiger partial charge in [-0.1, -0.05) is 58.4 Å². The van der Waals surface area contributed by atoms with Crippen molar-refractivity contribution >= 4 is 38.7 Å². The number of hydrogen-bond acceptors (Lipinski definition) is 2. The van der Waals surface area contributed by atoms with Gasteiger partial charge in [0, 0.05) is 30.2 Å². The van der Waals surface area contributed by atoms with Crippen LogP contribution in [0.15, 0.2) is 71.2 Å². The first-order valence-corrected chi connectivity index (χ1v) is 11.4. The molecule has 0 unspecified atom stereocenters. The maximum absolute atomic E-state index is 12.1. The second kappa shape index (κ2) is 10.1. The number of nitrogens with zero attached hydrogens (tertiary/aromatic N) is 1. The van der Waals surface area contributed by atoms with Gasteiger partial charge in [0.15, 0.2) is 0 Å². The summed E-state index contributed by atoms with van der Waals surface area (Å²) in [7, 11) is 0. The van der Waals surface area contributed by atoms with Crippen LogP contribution in [-0.2, 0) is 17.8 Å². The lowest BCUT2D eigenvalue weighted by Gasteiger charge is -2.28. The summed E-state index contributed by atoms with van der Waals surface area (Å²) in [6, 6.07) is 21.1. The molecule has 30 heavy (non-hydrogen) atoms. The minimum absolute atomic E-state index is 0.0272. The number of carbonyl (C=O) groups is 1. The molecule has 0 fully saturated rings. The number of benzene rings is 3. The predicted molar refractivity (Wildman–Crippen MR) is 128 cm³/mol. The first kappa shape index (κ1) is 20.8. The van der Waals surface area contributed by atoms with E-state index in [1.54, 1.807) is 6.08 Å². The fourth-order valence-electron chi connectivity index (χ4n) is 3.99. The number of rotatable bonds is 7. The van der Waals surface area contributed by atoms with Crippen LogP contribution in [0.2, 0.25) is 0 Å². The topological polar surface area (TPSA) is 32.3 Å². The number of amides is 1. The molecule has 3 aromatic carbocycles. The summed E-state index contributed by atoms with van der Waals surface area (Å²) in [6.45, 7) is 3.95. The predicted octanol–water partition coefficient (Wildman–Crippen LogP) is 5.57. The van der Waals surface area contributed by atoms with E-state index in [0.717, 1.165) is 51.0 Å². The largest absolute Gasteiger partial charge is 0.353 e. The van der Waals surface area contributed by atoms with E-state index < -0.39 is 0 Å². The standard InChI is InChI=1S/C26H27BrN2O/c27-25-11-10-24-19-29(16-13-23(24)18-25)15-4-3-14-28-26(30)12-8-20-7-9-21-5-1-2-6-22(21)17-20/h1-2,5-12,17-18H,3-4,13-16,19H2,(H,28,30)/b12-8+. The lowest BCUT2D eigenvalue weighted by Crippen LogP contribution is -2.32. The first-order chi connectivity index (χ1) is 14.7. The van der Waals surface area contributed by atoms with Crippen LogP contribution >= 0.6 is 15.9 Å². The van der Waals surface area contributed by atoms with Crippen LogP contribution in [0.5, 0.6) is 0 Å². The molecule has 0 saturated carbocycles. The molecule has 3 nitrogen and oxygen atoms in total. The van der Waals surface area contributed by atoms with Gasteiger partial charge in [0.1, 0.15) is 0 Å². The maximum Gasteiger partial charge on any atom is 0.243 e. The smallest absolute Gasteiger partial charge is 0.243 e. The van der Waals surface area contributed by atoms with Crippen molar-refractivity contribution in [2.45, 2.75) is 25.8 Å². The Balaban J connectivity index is 1.16. The summed E-state index contributed by atoms with van der Waals surface area (Å²) in [4.78, 5) is 14.6. The van der Waals surface area contributed by atoms with Crippen LogP contribution in [-0.4, -0.2) is 30.4 Å². The molecule has 1 aliphatic rings. The lowest BCUT2D eigenvalue weighted by molar-refractivity contribution is -0.116. The van der Waals surface area contributed by atoms with Crippen LogP contribution < -0.4 is 5.32 Å². The number of fused-ring (bicyclic) bond motifs is 2.